The quantitative estimate of drug-likeness (QED) is 0.0988. The highest BCUT2D eigenvalue weighted by atomic mass is 16.7. The molecule has 1 fully saturated rings. The van der Waals surface area contributed by atoms with E-state index in [1.54, 1.807) is 0 Å². The molecule has 0 radical (unpaired) electrons. The molecule has 5 aromatic carbocycles. The summed E-state index contributed by atoms with van der Waals surface area (Å²) in [7, 11) is 1.31. The van der Waals surface area contributed by atoms with Gasteiger partial charge in [-0.1, -0.05) is 24.3 Å². The summed E-state index contributed by atoms with van der Waals surface area (Å²) in [5.41, 5.74) is 0.623. The number of aromatic hydroxyl groups is 7. The molecule has 3 aliphatic heterocycles. The Balaban J connectivity index is 1.31. The zero-order valence-electron chi connectivity index (χ0n) is 32.4. The predicted molar refractivity (Wildman–Crippen MR) is 209 cm³/mol. The van der Waals surface area contributed by atoms with Crippen LogP contribution in [0.1, 0.15) is 63.2 Å². The SMILES string of the molecule is COc1cc(C(=O)OC2Cc3c(O)cc(O)c([C@@H]4c5c(O)cc(O)cc5O[C@H](c5ccc(O)cc5)C4O[C@@H]4O[C@@H](C)[C@H](O)[C@@H](O)[C@H]4O)c3O[C@@H]2c2ccc(O)cc2)ccc1O. The Morgan fingerprint density at radius 3 is 1.95 bits per heavy atom. The Morgan fingerprint density at radius 2 is 1.30 bits per heavy atom. The van der Waals surface area contributed by atoms with Crippen LogP contribution in [-0.4, -0.2) is 107 Å². The smallest absolute Gasteiger partial charge is 0.338 e. The maximum Gasteiger partial charge on any atom is 0.338 e. The van der Waals surface area contributed by atoms with Crippen LogP contribution < -0.4 is 14.2 Å². The van der Waals surface area contributed by atoms with Gasteiger partial charge in [0.15, 0.2) is 30.0 Å². The summed E-state index contributed by atoms with van der Waals surface area (Å²) >= 11 is 0. The highest BCUT2D eigenvalue weighted by Crippen LogP contribution is 2.58. The monoisotopic (exact) mass is 842 g/mol. The van der Waals surface area contributed by atoms with Gasteiger partial charge in [-0.25, -0.2) is 4.79 Å². The molecule has 17 heteroatoms. The third-order valence-electron chi connectivity index (χ3n) is 11.2. The summed E-state index contributed by atoms with van der Waals surface area (Å²) < 4.78 is 36.7. The van der Waals surface area contributed by atoms with Gasteiger partial charge in [0.25, 0.3) is 0 Å². The van der Waals surface area contributed by atoms with Crippen molar-refractivity contribution in [3.8, 4) is 57.5 Å². The van der Waals surface area contributed by atoms with Crippen molar-refractivity contribution in [2.75, 3.05) is 7.11 Å². The first kappa shape index (κ1) is 41.1. The van der Waals surface area contributed by atoms with Crippen molar-refractivity contribution in [3.05, 3.63) is 118 Å². The minimum atomic E-state index is -1.83. The number of hydrogen-bond acceptors (Lipinski definition) is 17. The van der Waals surface area contributed by atoms with Gasteiger partial charge < -0.3 is 79.5 Å². The summed E-state index contributed by atoms with van der Waals surface area (Å²) in [4.78, 5) is 13.7. The third kappa shape index (κ3) is 7.57. The van der Waals surface area contributed by atoms with Crippen molar-refractivity contribution in [1.29, 1.82) is 0 Å². The van der Waals surface area contributed by atoms with Crippen LogP contribution >= 0.6 is 0 Å². The molecule has 61 heavy (non-hydrogen) atoms. The fraction of sp³-hybridized carbons (Fsp3) is 0.295. The maximum absolute atomic E-state index is 13.7. The molecule has 0 amide bonds. The number of benzene rings is 5. The van der Waals surface area contributed by atoms with Gasteiger partial charge in [-0.2, -0.15) is 0 Å². The van der Waals surface area contributed by atoms with Gasteiger partial charge in [-0.15, -0.1) is 0 Å². The van der Waals surface area contributed by atoms with Crippen LogP contribution in [0.25, 0.3) is 0 Å². The first-order valence-electron chi connectivity index (χ1n) is 19.1. The van der Waals surface area contributed by atoms with Crippen LogP contribution in [0.3, 0.4) is 0 Å². The molecule has 0 saturated carbocycles. The van der Waals surface area contributed by atoms with Crippen molar-refractivity contribution in [2.45, 2.75) is 74.4 Å². The second kappa shape index (κ2) is 16.1. The molecule has 0 spiro atoms. The van der Waals surface area contributed by atoms with E-state index in [2.05, 4.69) is 0 Å². The van der Waals surface area contributed by atoms with Gasteiger partial charge in [0.1, 0.15) is 76.5 Å². The summed E-state index contributed by atoms with van der Waals surface area (Å²) in [6.07, 6.45) is -13.1. The second-order valence-electron chi connectivity index (χ2n) is 15.1. The Kier molecular flexibility index (Phi) is 10.8. The van der Waals surface area contributed by atoms with Crippen LogP contribution in [0.5, 0.6) is 57.5 Å². The normalized spacial score (nSPS) is 26.8. The van der Waals surface area contributed by atoms with Crippen molar-refractivity contribution in [3.63, 3.8) is 0 Å². The number of hydrogen-bond donors (Lipinski definition) is 10. The number of phenols is 7. The first-order valence-corrected chi connectivity index (χ1v) is 19.1. The lowest BCUT2D eigenvalue weighted by Gasteiger charge is -2.46. The number of ether oxygens (including phenoxy) is 6. The van der Waals surface area contributed by atoms with Gasteiger partial charge >= 0.3 is 5.97 Å². The average Bonchev–Trinajstić information content (AvgIpc) is 3.23. The highest BCUT2D eigenvalue weighted by Gasteiger charge is 2.51. The van der Waals surface area contributed by atoms with Gasteiger partial charge in [0, 0.05) is 41.3 Å². The largest absolute Gasteiger partial charge is 0.508 e. The summed E-state index contributed by atoms with van der Waals surface area (Å²) in [6, 6.07) is 18.7. The Hall–Kier alpha value is -6.63. The van der Waals surface area contributed by atoms with Crippen LogP contribution in [0.2, 0.25) is 0 Å². The number of carbonyl (C=O) groups is 1. The van der Waals surface area contributed by atoms with Gasteiger partial charge in [0.2, 0.25) is 0 Å². The van der Waals surface area contributed by atoms with Crippen molar-refractivity contribution in [2.24, 2.45) is 0 Å². The zero-order chi connectivity index (χ0) is 43.4. The minimum Gasteiger partial charge on any atom is -0.508 e. The molecule has 17 nitrogen and oxygen atoms in total. The van der Waals surface area contributed by atoms with Crippen LogP contribution in [0, 0.1) is 0 Å². The number of rotatable bonds is 8. The average molecular weight is 843 g/mol. The van der Waals surface area contributed by atoms with E-state index in [-0.39, 0.29) is 63.2 Å². The molecule has 320 valence electrons. The van der Waals surface area contributed by atoms with E-state index in [9.17, 15) is 55.9 Å². The number of aliphatic hydroxyl groups is 3. The fourth-order valence-corrected chi connectivity index (χ4v) is 8.11. The summed E-state index contributed by atoms with van der Waals surface area (Å²) in [5, 5.41) is 109. The summed E-state index contributed by atoms with van der Waals surface area (Å²) in [6.45, 7) is 1.45. The van der Waals surface area contributed by atoms with Gasteiger partial charge in [-0.3, -0.25) is 0 Å². The van der Waals surface area contributed by atoms with E-state index in [1.165, 1.54) is 86.8 Å². The summed E-state index contributed by atoms with van der Waals surface area (Å²) in [5.74, 6) is -4.86. The molecule has 8 rings (SSSR count). The van der Waals surface area contributed by atoms with Crippen LogP contribution in [-0.2, 0) is 20.6 Å². The molecule has 10 atom stereocenters. The van der Waals surface area contributed by atoms with E-state index in [4.69, 9.17) is 28.4 Å². The molecule has 5 aromatic rings. The van der Waals surface area contributed by atoms with Crippen LogP contribution in [0.15, 0.2) is 84.9 Å². The molecule has 3 aliphatic rings. The van der Waals surface area contributed by atoms with E-state index >= 15 is 0 Å². The molecule has 10 N–H and O–H groups in total. The Labute approximate surface area is 347 Å². The van der Waals surface area contributed by atoms with E-state index < -0.39 is 90.0 Å². The minimum absolute atomic E-state index is 0.00882. The second-order valence-corrected chi connectivity index (χ2v) is 15.1. The molecule has 1 saturated heterocycles. The number of aliphatic hydroxyl groups excluding tert-OH is 3. The molecular weight excluding hydrogens is 800 g/mol. The van der Waals surface area contributed by atoms with E-state index in [1.807, 2.05) is 0 Å². The molecule has 2 unspecified atom stereocenters. The maximum atomic E-state index is 13.7. The predicted octanol–water partition coefficient (Wildman–Crippen LogP) is 4.01. The van der Waals surface area contributed by atoms with Crippen molar-refractivity contribution in [1.82, 2.24) is 0 Å². The molecule has 0 bridgehead atoms. The van der Waals surface area contributed by atoms with Gasteiger partial charge in [-0.05, 0) is 60.5 Å². The van der Waals surface area contributed by atoms with Gasteiger partial charge in [0.05, 0.1) is 24.7 Å². The molecule has 0 aliphatic carbocycles. The lowest BCUT2D eigenvalue weighted by Crippen LogP contribution is -2.58. The Bertz CT molecular complexity index is 2440. The molecular formula is C44H42O17. The number of methoxy groups -OCH3 is 1. The van der Waals surface area contributed by atoms with Crippen molar-refractivity contribution < 1.29 is 84.3 Å². The molecule has 3 heterocycles. The Morgan fingerprint density at radius 1 is 0.656 bits per heavy atom. The van der Waals surface area contributed by atoms with E-state index in [0.29, 0.717) is 11.1 Å². The standard InChI is InChI=1S/C44H42O17/c1-18-36(52)37(53)38(54)44(57-18)61-42-35(33-28(50)14-24(47)15-31(33)58-40(42)20-5-10-23(46)11-6-20)34-29(51)17-27(49)25-16-32(39(60-41(25)34)19-3-8-22(45)9-4-19)59-43(55)21-7-12-26(48)30(13-21)56-2/h3-15,17-18,32,35-40,42,44-54H,16H2,1-2H3/t18-,32?,35-,36-,37+,38+,39+,40+,42?,44-/m0/s1. The fourth-order valence-electron chi connectivity index (χ4n) is 8.11. The van der Waals surface area contributed by atoms with Crippen LogP contribution in [0.4, 0.5) is 0 Å². The molecule has 0 aromatic heterocycles. The number of carbonyl (C=O) groups excluding carboxylic acids is 1. The first-order chi connectivity index (χ1) is 29.1. The third-order valence-corrected chi connectivity index (χ3v) is 11.2. The lowest BCUT2D eigenvalue weighted by atomic mass is 9.77. The van der Waals surface area contributed by atoms with Crippen molar-refractivity contribution >= 4 is 5.97 Å². The zero-order valence-corrected chi connectivity index (χ0v) is 32.4. The number of fused-ring (bicyclic) bond motifs is 2. The van der Waals surface area contributed by atoms with E-state index in [0.717, 1.165) is 12.1 Å². The topological polar surface area (TPSA) is 275 Å². The highest BCUT2D eigenvalue weighted by molar-refractivity contribution is 5.90. The number of phenolic OH excluding ortho intramolecular Hbond substituents is 7. The number of esters is 1. The lowest BCUT2D eigenvalue weighted by molar-refractivity contribution is -0.312.